The first-order chi connectivity index (χ1) is 23.3. The van der Waals surface area contributed by atoms with Crippen molar-refractivity contribution in [2.75, 3.05) is 0 Å². The third kappa shape index (κ3) is 3.92. The highest BCUT2D eigenvalue weighted by atomic mass is 15.0. The van der Waals surface area contributed by atoms with Gasteiger partial charge in [-0.3, -0.25) is 4.40 Å². The molecule has 218 valence electrons. The largest absolute Gasteiger partial charge is 0.298 e. The van der Waals surface area contributed by atoms with E-state index in [1.165, 1.54) is 27.1 Å². The summed E-state index contributed by atoms with van der Waals surface area (Å²) in [6.45, 7) is 0. The molecular weight excluding hydrogens is 573 g/mol. The molecule has 0 saturated carbocycles. The summed E-state index contributed by atoms with van der Waals surface area (Å²) in [5.74, 6) is 0. The fourth-order valence-electron chi connectivity index (χ4n) is 7.23. The molecule has 10 aromatic rings. The number of hydrogen-bond acceptors (Lipinski definition) is 3. The first-order valence-electron chi connectivity index (χ1n) is 15.9. The minimum absolute atomic E-state index is 0.913. The second kappa shape index (κ2) is 10.1. The molecule has 0 unspecified atom stereocenters. The van der Waals surface area contributed by atoms with Gasteiger partial charge in [0.15, 0.2) is 0 Å². The summed E-state index contributed by atoms with van der Waals surface area (Å²) in [5.41, 5.74) is 11.3. The second-order valence-electron chi connectivity index (χ2n) is 12.0. The van der Waals surface area contributed by atoms with Crippen molar-refractivity contribution in [3.8, 4) is 33.6 Å². The zero-order chi connectivity index (χ0) is 30.9. The van der Waals surface area contributed by atoms with Crippen molar-refractivity contribution < 1.29 is 0 Å². The Balaban J connectivity index is 1.22. The van der Waals surface area contributed by atoms with Crippen molar-refractivity contribution in [3.63, 3.8) is 0 Å². The Morgan fingerprint density at radius 3 is 1.81 bits per heavy atom. The predicted molar refractivity (Wildman–Crippen MR) is 195 cm³/mol. The number of imidazole rings is 1. The molecular formula is C43H26N4. The molecule has 0 aliphatic heterocycles. The van der Waals surface area contributed by atoms with Gasteiger partial charge >= 0.3 is 0 Å². The van der Waals surface area contributed by atoms with E-state index in [4.69, 9.17) is 15.0 Å². The minimum atomic E-state index is 0.913. The number of aromatic nitrogens is 4. The third-order valence-corrected chi connectivity index (χ3v) is 9.37. The summed E-state index contributed by atoms with van der Waals surface area (Å²) in [5, 5.41) is 7.06. The van der Waals surface area contributed by atoms with E-state index >= 15 is 0 Å². The van der Waals surface area contributed by atoms with Gasteiger partial charge in [-0.1, -0.05) is 121 Å². The van der Waals surface area contributed by atoms with Gasteiger partial charge in [-0.2, -0.15) is 0 Å². The van der Waals surface area contributed by atoms with Gasteiger partial charge in [0.25, 0.3) is 0 Å². The summed E-state index contributed by atoms with van der Waals surface area (Å²) in [4.78, 5) is 15.4. The number of rotatable bonds is 3. The molecule has 4 heterocycles. The third-order valence-electron chi connectivity index (χ3n) is 9.37. The first-order valence-corrected chi connectivity index (χ1v) is 15.9. The normalized spacial score (nSPS) is 11.8. The quantitative estimate of drug-likeness (QED) is 0.190. The summed E-state index contributed by atoms with van der Waals surface area (Å²) in [6, 6.07) is 53.3. The van der Waals surface area contributed by atoms with Crippen LogP contribution < -0.4 is 0 Å². The van der Waals surface area contributed by atoms with E-state index in [0.717, 1.165) is 66.6 Å². The molecule has 4 heteroatoms. The van der Waals surface area contributed by atoms with E-state index in [-0.39, 0.29) is 0 Å². The molecule has 6 aromatic carbocycles. The number of para-hydroxylation sites is 2. The van der Waals surface area contributed by atoms with E-state index in [1.54, 1.807) is 0 Å². The maximum atomic E-state index is 5.23. The fourth-order valence-corrected chi connectivity index (χ4v) is 7.23. The number of nitrogens with zero attached hydrogens (tertiary/aromatic N) is 4. The molecule has 0 aliphatic rings. The molecule has 0 bridgehead atoms. The van der Waals surface area contributed by atoms with Crippen molar-refractivity contribution >= 4 is 60.0 Å². The summed E-state index contributed by atoms with van der Waals surface area (Å²) in [7, 11) is 0. The van der Waals surface area contributed by atoms with Crippen LogP contribution in [0.5, 0.6) is 0 Å². The molecule has 4 nitrogen and oxygen atoms in total. The molecule has 0 fully saturated rings. The topological polar surface area (TPSA) is 43.1 Å². The highest BCUT2D eigenvalue weighted by Crippen LogP contribution is 2.42. The van der Waals surface area contributed by atoms with Gasteiger partial charge < -0.3 is 0 Å². The molecule has 0 aliphatic carbocycles. The predicted octanol–water partition coefficient (Wildman–Crippen LogP) is 10.9. The van der Waals surface area contributed by atoms with Crippen LogP contribution in [-0.4, -0.2) is 19.4 Å². The lowest BCUT2D eigenvalue weighted by atomic mass is 9.89. The number of benzene rings is 6. The lowest BCUT2D eigenvalue weighted by Gasteiger charge is -2.16. The molecule has 0 saturated heterocycles. The number of fused-ring (bicyclic) bond motifs is 10. The van der Waals surface area contributed by atoms with Crippen LogP contribution in [0.15, 0.2) is 158 Å². The van der Waals surface area contributed by atoms with Gasteiger partial charge in [0, 0.05) is 38.9 Å². The average Bonchev–Trinajstić information content (AvgIpc) is 3.54. The van der Waals surface area contributed by atoms with Crippen LogP contribution >= 0.6 is 0 Å². The smallest absolute Gasteiger partial charge is 0.137 e. The van der Waals surface area contributed by atoms with E-state index in [2.05, 4.69) is 138 Å². The van der Waals surface area contributed by atoms with Gasteiger partial charge in [0.2, 0.25) is 0 Å². The van der Waals surface area contributed by atoms with Crippen LogP contribution in [0.1, 0.15) is 0 Å². The van der Waals surface area contributed by atoms with Gasteiger partial charge in [0.1, 0.15) is 11.2 Å². The molecule has 0 N–H and O–H groups in total. The Morgan fingerprint density at radius 2 is 1.00 bits per heavy atom. The summed E-state index contributed by atoms with van der Waals surface area (Å²) < 4.78 is 2.15. The number of hydrogen-bond donors (Lipinski definition) is 0. The standard InChI is InChI=1S/C43H26N4/c1-2-12-28(13-3-1)40-35-26-34(30-14-4-5-15-31(30)39(35)32-16-6-8-18-36(32)44-40)27-21-23-29(24-22-27)41-43-42(33-17-7-9-19-37(33)45-41)46-38-20-10-11-25-47(38)43/h1-26H. The number of pyridine rings is 3. The second-order valence-corrected chi connectivity index (χ2v) is 12.0. The molecule has 0 spiro atoms. The van der Waals surface area contributed by atoms with E-state index in [9.17, 15) is 0 Å². The van der Waals surface area contributed by atoms with Crippen LogP contribution in [0.4, 0.5) is 0 Å². The van der Waals surface area contributed by atoms with E-state index in [0.29, 0.717) is 0 Å². The zero-order valence-corrected chi connectivity index (χ0v) is 25.3. The van der Waals surface area contributed by atoms with Crippen LogP contribution in [0.2, 0.25) is 0 Å². The maximum absolute atomic E-state index is 5.23. The van der Waals surface area contributed by atoms with Gasteiger partial charge in [-0.05, 0) is 52.2 Å². The minimum Gasteiger partial charge on any atom is -0.298 e. The van der Waals surface area contributed by atoms with E-state index in [1.807, 2.05) is 24.3 Å². The van der Waals surface area contributed by atoms with Crippen molar-refractivity contribution in [1.29, 1.82) is 0 Å². The Bertz CT molecular complexity index is 2830. The van der Waals surface area contributed by atoms with Crippen LogP contribution in [0.3, 0.4) is 0 Å². The molecule has 47 heavy (non-hydrogen) atoms. The zero-order valence-electron chi connectivity index (χ0n) is 25.3. The van der Waals surface area contributed by atoms with E-state index < -0.39 is 0 Å². The van der Waals surface area contributed by atoms with Crippen molar-refractivity contribution in [1.82, 2.24) is 19.4 Å². The summed E-state index contributed by atoms with van der Waals surface area (Å²) >= 11 is 0. The lowest BCUT2D eigenvalue weighted by Crippen LogP contribution is -1.93. The highest BCUT2D eigenvalue weighted by Gasteiger charge is 2.18. The van der Waals surface area contributed by atoms with Crippen LogP contribution in [0.25, 0.3) is 93.7 Å². The first kappa shape index (κ1) is 25.9. The highest BCUT2D eigenvalue weighted by molar-refractivity contribution is 6.25. The Hall–Kier alpha value is -6.39. The maximum Gasteiger partial charge on any atom is 0.137 e. The van der Waals surface area contributed by atoms with Crippen molar-refractivity contribution in [3.05, 3.63) is 158 Å². The molecule has 0 atom stereocenters. The summed E-state index contributed by atoms with van der Waals surface area (Å²) in [6.07, 6.45) is 2.07. The Labute approximate surface area is 270 Å². The average molecular weight is 599 g/mol. The SMILES string of the molecule is c1ccc(-c2nc3ccccc3c3c2cc(-c2ccc(-c4nc5ccccc5c5nc6ccccn6c45)cc2)c2ccccc23)cc1. The fraction of sp³-hybridized carbons (Fsp3) is 0. The van der Waals surface area contributed by atoms with Gasteiger partial charge in [0.05, 0.1) is 27.9 Å². The van der Waals surface area contributed by atoms with Crippen molar-refractivity contribution in [2.45, 2.75) is 0 Å². The van der Waals surface area contributed by atoms with Crippen LogP contribution in [-0.2, 0) is 0 Å². The molecule has 0 amide bonds. The van der Waals surface area contributed by atoms with Gasteiger partial charge in [-0.25, -0.2) is 15.0 Å². The molecule has 10 rings (SSSR count). The Kier molecular flexibility index (Phi) is 5.54. The molecule has 4 aromatic heterocycles. The molecule has 0 radical (unpaired) electrons. The van der Waals surface area contributed by atoms with Crippen molar-refractivity contribution in [2.24, 2.45) is 0 Å². The monoisotopic (exact) mass is 598 g/mol. The lowest BCUT2D eigenvalue weighted by molar-refractivity contribution is 1.22. The van der Waals surface area contributed by atoms with Gasteiger partial charge in [-0.15, -0.1) is 0 Å². The van der Waals surface area contributed by atoms with Crippen LogP contribution in [0, 0.1) is 0 Å². The Morgan fingerprint density at radius 1 is 0.404 bits per heavy atom.